The highest BCUT2D eigenvalue weighted by molar-refractivity contribution is 6.31. The second kappa shape index (κ2) is 5.61. The zero-order valence-corrected chi connectivity index (χ0v) is 12.1. The summed E-state index contributed by atoms with van der Waals surface area (Å²) in [4.78, 5) is 11.9. The summed E-state index contributed by atoms with van der Waals surface area (Å²) < 4.78 is 38.1. The van der Waals surface area contributed by atoms with Crippen molar-refractivity contribution >= 4 is 23.2 Å². The van der Waals surface area contributed by atoms with Gasteiger partial charge in [-0.15, -0.1) is 0 Å². The molecule has 1 atom stereocenters. The van der Waals surface area contributed by atoms with Crippen LogP contribution in [-0.2, 0) is 11.0 Å². The topological polar surface area (TPSA) is 55.1 Å². The number of rotatable bonds is 2. The number of hydrogen-bond acceptors (Lipinski definition) is 2. The van der Waals surface area contributed by atoms with Gasteiger partial charge in [0.15, 0.2) is 0 Å². The summed E-state index contributed by atoms with van der Waals surface area (Å²) in [5.74, 6) is -0.548. The second-order valence-corrected chi connectivity index (χ2v) is 5.93. The fourth-order valence-electron chi connectivity index (χ4n) is 1.43. The molecule has 1 amide bonds. The molecule has 0 saturated heterocycles. The van der Waals surface area contributed by atoms with E-state index < -0.39 is 34.1 Å². The van der Waals surface area contributed by atoms with Crippen molar-refractivity contribution in [3.63, 3.8) is 0 Å². The van der Waals surface area contributed by atoms with Crippen molar-refractivity contribution in [3.8, 4) is 0 Å². The molecule has 3 nitrogen and oxygen atoms in total. The van der Waals surface area contributed by atoms with Crippen LogP contribution in [0.3, 0.4) is 0 Å². The Kier molecular flexibility index (Phi) is 4.71. The molecule has 112 valence electrons. The largest absolute Gasteiger partial charge is 0.417 e. The molecule has 1 aromatic rings. The maximum Gasteiger partial charge on any atom is 0.417 e. The first kappa shape index (κ1) is 16.8. The third kappa shape index (κ3) is 4.11. The van der Waals surface area contributed by atoms with Crippen molar-refractivity contribution in [3.05, 3.63) is 28.8 Å². The van der Waals surface area contributed by atoms with E-state index in [2.05, 4.69) is 5.32 Å². The standard InChI is InChI=1S/C13H16ClF3N2O/c1-12(2,3)10(18)11(20)19-7-4-5-9(14)8(6-7)13(15,16)17/h4-6,10H,18H2,1-3H3,(H,19,20)/t10-/m0/s1. The van der Waals surface area contributed by atoms with Gasteiger partial charge in [-0.25, -0.2) is 0 Å². The smallest absolute Gasteiger partial charge is 0.325 e. The van der Waals surface area contributed by atoms with Gasteiger partial charge < -0.3 is 11.1 Å². The Labute approximate surface area is 120 Å². The van der Waals surface area contributed by atoms with Gasteiger partial charge >= 0.3 is 6.18 Å². The van der Waals surface area contributed by atoms with E-state index in [-0.39, 0.29) is 5.69 Å². The third-order valence-electron chi connectivity index (χ3n) is 2.75. The van der Waals surface area contributed by atoms with Crippen LogP contribution in [0.2, 0.25) is 5.02 Å². The Morgan fingerprint density at radius 2 is 1.85 bits per heavy atom. The minimum atomic E-state index is -4.58. The molecule has 0 aliphatic heterocycles. The van der Waals surface area contributed by atoms with Gasteiger partial charge in [0.2, 0.25) is 5.91 Å². The number of nitrogens with two attached hydrogens (primary N) is 1. The molecule has 1 rings (SSSR count). The van der Waals surface area contributed by atoms with Crippen LogP contribution < -0.4 is 11.1 Å². The number of nitrogens with one attached hydrogen (secondary N) is 1. The van der Waals surface area contributed by atoms with Crippen molar-refractivity contribution in [2.75, 3.05) is 5.32 Å². The molecule has 7 heteroatoms. The lowest BCUT2D eigenvalue weighted by Gasteiger charge is -2.26. The van der Waals surface area contributed by atoms with Gasteiger partial charge in [0, 0.05) is 5.69 Å². The number of carbonyl (C=O) groups is 1. The Bertz CT molecular complexity index is 509. The number of halogens is 4. The van der Waals surface area contributed by atoms with Crippen LogP contribution in [0.1, 0.15) is 26.3 Å². The monoisotopic (exact) mass is 308 g/mol. The van der Waals surface area contributed by atoms with Gasteiger partial charge in [0.25, 0.3) is 0 Å². The lowest BCUT2D eigenvalue weighted by atomic mass is 9.87. The van der Waals surface area contributed by atoms with Crippen molar-refractivity contribution < 1.29 is 18.0 Å². The summed E-state index contributed by atoms with van der Waals surface area (Å²) in [7, 11) is 0. The van der Waals surface area contributed by atoms with Gasteiger partial charge in [-0.3, -0.25) is 4.79 Å². The minimum absolute atomic E-state index is 0.00595. The molecule has 0 fully saturated rings. The molecule has 0 unspecified atom stereocenters. The van der Waals surface area contributed by atoms with Crippen LogP contribution >= 0.6 is 11.6 Å². The maximum atomic E-state index is 12.7. The SMILES string of the molecule is CC(C)(C)[C@@H](N)C(=O)Nc1ccc(Cl)c(C(F)(F)F)c1. The first-order valence-corrected chi connectivity index (χ1v) is 6.24. The van der Waals surface area contributed by atoms with Crippen LogP contribution in [0.4, 0.5) is 18.9 Å². The molecule has 0 spiro atoms. The summed E-state index contributed by atoms with van der Waals surface area (Å²) in [6, 6.07) is 2.33. The van der Waals surface area contributed by atoms with E-state index in [1.165, 1.54) is 6.07 Å². The average Bonchev–Trinajstić information content (AvgIpc) is 2.27. The molecule has 0 heterocycles. The Hall–Kier alpha value is -1.27. The molecule has 20 heavy (non-hydrogen) atoms. The fourth-order valence-corrected chi connectivity index (χ4v) is 1.66. The normalized spacial score (nSPS) is 14.0. The average molecular weight is 309 g/mol. The molecular weight excluding hydrogens is 293 g/mol. The van der Waals surface area contributed by atoms with Gasteiger partial charge in [-0.1, -0.05) is 32.4 Å². The van der Waals surface area contributed by atoms with Crippen LogP contribution in [0.15, 0.2) is 18.2 Å². The zero-order valence-electron chi connectivity index (χ0n) is 11.3. The van der Waals surface area contributed by atoms with E-state index in [0.29, 0.717) is 0 Å². The van der Waals surface area contributed by atoms with E-state index >= 15 is 0 Å². The van der Waals surface area contributed by atoms with Crippen molar-refractivity contribution in [1.82, 2.24) is 0 Å². The van der Waals surface area contributed by atoms with E-state index in [1.807, 2.05) is 0 Å². The Morgan fingerprint density at radius 3 is 2.30 bits per heavy atom. The molecular formula is C13H16ClF3N2O. The van der Waals surface area contributed by atoms with Crippen molar-refractivity contribution in [1.29, 1.82) is 0 Å². The number of benzene rings is 1. The van der Waals surface area contributed by atoms with E-state index in [0.717, 1.165) is 12.1 Å². The fraction of sp³-hybridized carbons (Fsp3) is 0.462. The second-order valence-electron chi connectivity index (χ2n) is 5.53. The quantitative estimate of drug-likeness (QED) is 0.876. The maximum absolute atomic E-state index is 12.7. The molecule has 0 bridgehead atoms. The minimum Gasteiger partial charge on any atom is -0.325 e. The van der Waals surface area contributed by atoms with Gasteiger partial charge in [-0.05, 0) is 23.6 Å². The number of carbonyl (C=O) groups excluding carboxylic acids is 1. The highest BCUT2D eigenvalue weighted by atomic mass is 35.5. The molecule has 3 N–H and O–H groups in total. The van der Waals surface area contributed by atoms with Gasteiger partial charge in [-0.2, -0.15) is 13.2 Å². The summed E-state index contributed by atoms with van der Waals surface area (Å²) in [5, 5.41) is 1.94. The van der Waals surface area contributed by atoms with Crippen LogP contribution in [0, 0.1) is 5.41 Å². The van der Waals surface area contributed by atoms with Gasteiger partial charge in [0.05, 0.1) is 16.6 Å². The van der Waals surface area contributed by atoms with Crippen molar-refractivity contribution in [2.45, 2.75) is 33.0 Å². The van der Waals surface area contributed by atoms with E-state index in [4.69, 9.17) is 17.3 Å². The predicted octanol–water partition coefficient (Wildman–Crippen LogP) is 3.67. The van der Waals surface area contributed by atoms with E-state index in [1.54, 1.807) is 20.8 Å². The number of alkyl halides is 3. The molecule has 0 saturated carbocycles. The lowest BCUT2D eigenvalue weighted by molar-refractivity contribution is -0.137. The first-order valence-electron chi connectivity index (χ1n) is 5.86. The summed E-state index contributed by atoms with van der Waals surface area (Å²) >= 11 is 5.50. The summed E-state index contributed by atoms with van der Waals surface area (Å²) in [6.45, 7) is 5.29. The number of anilines is 1. The zero-order chi connectivity index (χ0) is 15.7. The molecule has 0 radical (unpaired) electrons. The summed E-state index contributed by atoms with van der Waals surface area (Å²) in [5.41, 5.74) is 4.25. The molecule has 0 aliphatic carbocycles. The Balaban J connectivity index is 2.98. The molecule has 0 aromatic heterocycles. The highest BCUT2D eigenvalue weighted by Gasteiger charge is 2.34. The van der Waals surface area contributed by atoms with Crippen LogP contribution in [0.25, 0.3) is 0 Å². The summed E-state index contributed by atoms with van der Waals surface area (Å²) in [6.07, 6.45) is -4.58. The molecule has 0 aliphatic rings. The lowest BCUT2D eigenvalue weighted by Crippen LogP contribution is -2.45. The van der Waals surface area contributed by atoms with E-state index in [9.17, 15) is 18.0 Å². The van der Waals surface area contributed by atoms with Crippen LogP contribution in [0.5, 0.6) is 0 Å². The van der Waals surface area contributed by atoms with Crippen molar-refractivity contribution in [2.24, 2.45) is 11.1 Å². The number of hydrogen-bond donors (Lipinski definition) is 2. The number of amides is 1. The first-order chi connectivity index (χ1) is 8.93. The predicted molar refractivity (Wildman–Crippen MR) is 72.5 cm³/mol. The van der Waals surface area contributed by atoms with Crippen LogP contribution in [-0.4, -0.2) is 11.9 Å². The highest BCUT2D eigenvalue weighted by Crippen LogP contribution is 2.36. The third-order valence-corrected chi connectivity index (χ3v) is 3.08. The Morgan fingerprint density at radius 1 is 1.30 bits per heavy atom. The van der Waals surface area contributed by atoms with Gasteiger partial charge in [0.1, 0.15) is 0 Å². The molecule has 1 aromatic carbocycles.